The lowest BCUT2D eigenvalue weighted by atomic mass is 10.0. The summed E-state index contributed by atoms with van der Waals surface area (Å²) in [5.41, 5.74) is 1.44. The normalized spacial score (nSPS) is 15.8. The van der Waals surface area contributed by atoms with Crippen LogP contribution >= 0.6 is 11.6 Å². The molecule has 1 aliphatic rings. The molecule has 2 N–H and O–H groups in total. The van der Waals surface area contributed by atoms with Crippen molar-refractivity contribution in [3.63, 3.8) is 0 Å². The zero-order valence-corrected chi connectivity index (χ0v) is 25.7. The Hall–Kier alpha value is -3.89. The third kappa shape index (κ3) is 6.94. The number of carbonyl (C=O) groups excluding carboxylic acids is 3. The van der Waals surface area contributed by atoms with Gasteiger partial charge in [0.05, 0.1) is 22.7 Å². The number of nitrogens with zero attached hydrogens (tertiary/aromatic N) is 1. The Kier molecular flexibility index (Phi) is 8.98. The summed E-state index contributed by atoms with van der Waals surface area (Å²) in [5.74, 6) is -2.01. The second-order valence-corrected chi connectivity index (χ2v) is 13.4. The summed E-state index contributed by atoms with van der Waals surface area (Å²) in [7, 11) is -4.35. The number of hydrogen-bond acceptors (Lipinski definition) is 6. The number of esters is 1. The minimum atomic E-state index is -4.35. The van der Waals surface area contributed by atoms with Crippen LogP contribution in [0.1, 0.15) is 43.9 Å². The average molecular weight is 612 g/mol. The Morgan fingerprint density at radius 1 is 1.02 bits per heavy atom. The number of ether oxygens (including phenoxy) is 1. The van der Waals surface area contributed by atoms with Crippen LogP contribution in [0.25, 0.3) is 0 Å². The van der Waals surface area contributed by atoms with E-state index in [1.165, 1.54) is 6.07 Å². The fourth-order valence-electron chi connectivity index (χ4n) is 4.72. The first-order valence-electron chi connectivity index (χ1n) is 13.4. The van der Waals surface area contributed by atoms with Crippen molar-refractivity contribution in [1.29, 1.82) is 0 Å². The molecule has 42 heavy (non-hydrogen) atoms. The van der Waals surface area contributed by atoms with Gasteiger partial charge in [-0.15, -0.1) is 0 Å². The number of nitrogens with one attached hydrogen (secondary N) is 2. The van der Waals surface area contributed by atoms with E-state index in [4.69, 9.17) is 16.3 Å². The van der Waals surface area contributed by atoms with Crippen LogP contribution in [0.4, 0.5) is 11.4 Å². The molecule has 3 aromatic rings. The van der Waals surface area contributed by atoms with Crippen LogP contribution in [0.5, 0.6) is 0 Å². The van der Waals surface area contributed by atoms with Gasteiger partial charge in [0.25, 0.3) is 10.0 Å². The van der Waals surface area contributed by atoms with Crippen LogP contribution in [0, 0.1) is 13.8 Å². The first kappa shape index (κ1) is 31.1. The number of hydrogen-bond donors (Lipinski definition) is 2. The molecule has 1 heterocycles. The predicted octanol–water partition coefficient (Wildman–Crippen LogP) is 4.93. The fourth-order valence-corrected chi connectivity index (χ4v) is 6.86. The summed E-state index contributed by atoms with van der Waals surface area (Å²) < 4.78 is 34.9. The number of benzene rings is 3. The Bertz CT molecular complexity index is 1620. The molecule has 2 atom stereocenters. The Balaban J connectivity index is 1.69. The van der Waals surface area contributed by atoms with Gasteiger partial charge in [-0.2, -0.15) is 0 Å². The molecule has 222 valence electrons. The summed E-state index contributed by atoms with van der Waals surface area (Å²) in [6, 6.07) is 16.1. The highest BCUT2D eigenvalue weighted by Crippen LogP contribution is 2.38. The van der Waals surface area contributed by atoms with Crippen LogP contribution in [0.15, 0.2) is 71.6 Å². The van der Waals surface area contributed by atoms with Crippen molar-refractivity contribution in [3.05, 3.63) is 88.4 Å². The maximum absolute atomic E-state index is 14.2. The number of para-hydroxylation sites is 2. The molecule has 1 aliphatic heterocycles. The van der Waals surface area contributed by atoms with Crippen molar-refractivity contribution < 1.29 is 27.5 Å². The van der Waals surface area contributed by atoms with Crippen LogP contribution in [0.2, 0.25) is 5.02 Å². The number of sulfonamides is 1. The molecule has 4 rings (SSSR count). The number of anilines is 2. The molecule has 0 radical (unpaired) electrons. The number of fused-ring (bicyclic) bond motifs is 1. The molecule has 3 aromatic carbocycles. The zero-order chi connectivity index (χ0) is 30.8. The van der Waals surface area contributed by atoms with E-state index >= 15 is 0 Å². The average Bonchev–Trinajstić information content (AvgIpc) is 2.90. The SMILES string of the molecule is Cc1cc(S(=O)(=O)N2c3ccccc3NC(=O)[C@H]2CC(=O)N[C@H](Cc2ccccc2)C(=O)OC(C)(C)C)c(C)cc1Cl. The Morgan fingerprint density at radius 3 is 2.33 bits per heavy atom. The van der Waals surface area contributed by atoms with Gasteiger partial charge in [-0.25, -0.2) is 13.2 Å². The molecule has 0 aromatic heterocycles. The maximum Gasteiger partial charge on any atom is 0.329 e. The second-order valence-electron chi connectivity index (χ2n) is 11.2. The van der Waals surface area contributed by atoms with Gasteiger partial charge in [0, 0.05) is 11.4 Å². The molecular weight excluding hydrogens is 578 g/mol. The van der Waals surface area contributed by atoms with E-state index in [1.807, 2.05) is 30.3 Å². The standard InChI is InChI=1S/C31H34ClN3O6S/c1-19-16-27(20(2)15-22(19)32)42(39,40)35-25-14-10-9-13-23(25)34-29(37)26(35)18-28(36)33-24(30(38)41-31(3,4)5)17-21-11-7-6-8-12-21/h6-16,24,26H,17-18H2,1-5H3,(H,33,36)(H,34,37)/t24-,26-/m1/s1. The number of amides is 2. The molecule has 0 saturated carbocycles. The van der Waals surface area contributed by atoms with Crippen LogP contribution in [0.3, 0.4) is 0 Å². The molecule has 0 aliphatic carbocycles. The van der Waals surface area contributed by atoms with E-state index in [0.717, 1.165) is 9.87 Å². The van der Waals surface area contributed by atoms with Gasteiger partial charge in [-0.3, -0.25) is 13.9 Å². The zero-order valence-electron chi connectivity index (χ0n) is 24.1. The van der Waals surface area contributed by atoms with Crippen molar-refractivity contribution in [2.45, 2.75) is 70.0 Å². The molecule has 2 amide bonds. The number of rotatable bonds is 8. The summed E-state index contributed by atoms with van der Waals surface area (Å²) in [6.07, 6.45) is -0.397. The minimum Gasteiger partial charge on any atom is -0.458 e. The summed E-state index contributed by atoms with van der Waals surface area (Å²) in [6.45, 7) is 8.47. The maximum atomic E-state index is 14.2. The summed E-state index contributed by atoms with van der Waals surface area (Å²) in [4.78, 5) is 39.9. The van der Waals surface area contributed by atoms with E-state index in [0.29, 0.717) is 21.8 Å². The second kappa shape index (κ2) is 12.1. The smallest absolute Gasteiger partial charge is 0.329 e. The quantitative estimate of drug-likeness (QED) is 0.348. The van der Waals surface area contributed by atoms with E-state index < -0.39 is 51.9 Å². The van der Waals surface area contributed by atoms with Crippen molar-refractivity contribution in [3.8, 4) is 0 Å². The molecule has 11 heteroatoms. The highest BCUT2D eigenvalue weighted by molar-refractivity contribution is 7.93. The van der Waals surface area contributed by atoms with Gasteiger partial charge in [0.15, 0.2) is 0 Å². The molecule has 0 fully saturated rings. The highest BCUT2D eigenvalue weighted by Gasteiger charge is 2.43. The van der Waals surface area contributed by atoms with Gasteiger partial charge < -0.3 is 15.4 Å². The minimum absolute atomic E-state index is 0.0324. The highest BCUT2D eigenvalue weighted by atomic mass is 35.5. The van der Waals surface area contributed by atoms with E-state index in [9.17, 15) is 22.8 Å². The summed E-state index contributed by atoms with van der Waals surface area (Å²) in [5, 5.41) is 5.81. The van der Waals surface area contributed by atoms with Gasteiger partial charge in [0.1, 0.15) is 17.7 Å². The number of aryl methyl sites for hydroxylation is 2. The molecule has 9 nitrogen and oxygen atoms in total. The summed E-state index contributed by atoms with van der Waals surface area (Å²) >= 11 is 6.23. The van der Waals surface area contributed by atoms with Crippen LogP contribution < -0.4 is 14.9 Å². The van der Waals surface area contributed by atoms with E-state index in [1.54, 1.807) is 65.0 Å². The lowest BCUT2D eigenvalue weighted by molar-refractivity contribution is -0.158. The van der Waals surface area contributed by atoms with Gasteiger partial charge in [0.2, 0.25) is 11.8 Å². The topological polar surface area (TPSA) is 122 Å². The first-order valence-corrected chi connectivity index (χ1v) is 15.3. The third-order valence-electron chi connectivity index (χ3n) is 6.67. The third-order valence-corrected chi connectivity index (χ3v) is 9.04. The first-order chi connectivity index (χ1) is 19.7. The largest absolute Gasteiger partial charge is 0.458 e. The molecule has 0 unspecified atom stereocenters. The molecule has 0 spiro atoms. The molecule has 0 saturated heterocycles. The number of halogens is 1. The van der Waals surface area contributed by atoms with Crippen molar-refractivity contribution in [1.82, 2.24) is 5.32 Å². The monoisotopic (exact) mass is 611 g/mol. The van der Waals surface area contributed by atoms with Crippen molar-refractivity contribution in [2.24, 2.45) is 0 Å². The fraction of sp³-hybridized carbons (Fsp3) is 0.323. The molecular formula is C31H34ClN3O6S. The Morgan fingerprint density at radius 2 is 1.67 bits per heavy atom. The molecule has 0 bridgehead atoms. The lowest BCUT2D eigenvalue weighted by Gasteiger charge is -2.37. The van der Waals surface area contributed by atoms with E-state index in [2.05, 4.69) is 10.6 Å². The van der Waals surface area contributed by atoms with Gasteiger partial charge >= 0.3 is 5.97 Å². The number of carbonyl (C=O) groups is 3. The van der Waals surface area contributed by atoms with Gasteiger partial charge in [-0.05, 0) is 75.6 Å². The van der Waals surface area contributed by atoms with Gasteiger partial charge in [-0.1, -0.05) is 54.1 Å². The predicted molar refractivity (Wildman–Crippen MR) is 162 cm³/mol. The van der Waals surface area contributed by atoms with Crippen molar-refractivity contribution in [2.75, 3.05) is 9.62 Å². The van der Waals surface area contributed by atoms with E-state index in [-0.39, 0.29) is 17.0 Å². The lowest BCUT2D eigenvalue weighted by Crippen LogP contribution is -2.54. The van der Waals surface area contributed by atoms with Crippen LogP contribution in [-0.2, 0) is 35.6 Å². The van der Waals surface area contributed by atoms with Crippen LogP contribution in [-0.4, -0.2) is 43.9 Å². The van der Waals surface area contributed by atoms with Crippen molar-refractivity contribution >= 4 is 50.8 Å². The Labute approximate surface area is 251 Å².